The number of carbonyl (C=O) groups excluding carboxylic acids is 1. The average Bonchev–Trinajstić information content (AvgIpc) is 2.98. The molecule has 5 nitrogen and oxygen atoms in total. The number of amides is 1. The average molecular weight is 380 g/mol. The summed E-state index contributed by atoms with van der Waals surface area (Å²) in [5, 5.41) is 0.0353. The Morgan fingerprint density at radius 3 is 2.58 bits per heavy atom. The highest BCUT2D eigenvalue weighted by Crippen LogP contribution is 2.35. The van der Waals surface area contributed by atoms with Gasteiger partial charge in [-0.2, -0.15) is 4.39 Å². The summed E-state index contributed by atoms with van der Waals surface area (Å²) in [5.74, 6) is -1.30. The summed E-state index contributed by atoms with van der Waals surface area (Å²) in [6, 6.07) is 2.85. The molecular weight excluding hydrogens is 358 g/mol. The van der Waals surface area contributed by atoms with Crippen molar-refractivity contribution in [2.24, 2.45) is 5.73 Å². The molecule has 1 saturated heterocycles. The second-order valence-electron chi connectivity index (χ2n) is 6.48. The molecule has 0 spiro atoms. The van der Waals surface area contributed by atoms with Crippen molar-refractivity contribution in [2.75, 3.05) is 38.1 Å². The molecule has 3 rings (SSSR count). The monoisotopic (exact) mass is 380 g/mol. The highest BCUT2D eigenvalue weighted by atomic mass is 32.1. The number of benzene rings is 1. The van der Waals surface area contributed by atoms with E-state index in [2.05, 4.69) is 9.88 Å². The van der Waals surface area contributed by atoms with Gasteiger partial charge in [0.25, 0.3) is 0 Å². The normalized spacial score (nSPS) is 15.5. The lowest BCUT2D eigenvalue weighted by molar-refractivity contribution is 0.0999. The predicted octanol–water partition coefficient (Wildman–Crippen LogP) is 2.89. The van der Waals surface area contributed by atoms with Gasteiger partial charge in [0.05, 0.1) is 0 Å². The Morgan fingerprint density at radius 2 is 1.96 bits per heavy atom. The summed E-state index contributed by atoms with van der Waals surface area (Å²) < 4.78 is 29.6. The third-order valence-electron chi connectivity index (χ3n) is 4.61. The topological polar surface area (TPSA) is 62.5 Å². The van der Waals surface area contributed by atoms with Gasteiger partial charge in [-0.1, -0.05) is 24.7 Å². The first kappa shape index (κ1) is 18.7. The third kappa shape index (κ3) is 3.57. The molecule has 0 saturated carbocycles. The quantitative estimate of drug-likeness (QED) is 0.866. The van der Waals surface area contributed by atoms with Crippen molar-refractivity contribution in [3.8, 4) is 11.3 Å². The van der Waals surface area contributed by atoms with Crippen molar-refractivity contribution in [3.05, 3.63) is 34.2 Å². The van der Waals surface area contributed by atoms with Crippen molar-refractivity contribution in [1.82, 2.24) is 9.88 Å². The molecule has 2 aromatic rings. The Kier molecular flexibility index (Phi) is 5.52. The zero-order chi connectivity index (χ0) is 18.8. The van der Waals surface area contributed by atoms with Crippen LogP contribution in [0, 0.1) is 10.9 Å². The first-order valence-corrected chi connectivity index (χ1v) is 9.45. The zero-order valence-corrected chi connectivity index (χ0v) is 15.7. The molecule has 0 unspecified atom stereocenters. The molecule has 1 aromatic carbocycles. The summed E-state index contributed by atoms with van der Waals surface area (Å²) in [6.07, 6.45) is 1.00. The molecular formula is C18H22F2N4OS. The molecule has 2 heterocycles. The molecule has 1 aromatic heterocycles. The third-order valence-corrected chi connectivity index (χ3v) is 5.52. The molecule has 1 aliphatic heterocycles. The maximum Gasteiger partial charge on any atom is 0.249 e. The van der Waals surface area contributed by atoms with Crippen molar-refractivity contribution in [1.29, 1.82) is 0 Å². The van der Waals surface area contributed by atoms with E-state index in [-0.39, 0.29) is 22.4 Å². The standard InChI is InChI=1S/C18H22F2N4OS/c1-3-4-11-12(17(21)25)5-6-13(14(11)19)15-16(20)26-18(22-15)24-9-7-23(2)8-10-24/h5-6H,3-4,7-10H2,1-2H3,(H2,21,25). The van der Waals surface area contributed by atoms with Gasteiger partial charge in [-0.3, -0.25) is 4.79 Å². The fourth-order valence-corrected chi connectivity index (χ4v) is 3.98. The van der Waals surface area contributed by atoms with Crippen LogP contribution in [0.5, 0.6) is 0 Å². The summed E-state index contributed by atoms with van der Waals surface area (Å²) in [4.78, 5) is 20.1. The van der Waals surface area contributed by atoms with Gasteiger partial charge in [-0.05, 0) is 25.6 Å². The Bertz CT molecular complexity index is 816. The molecule has 1 aliphatic rings. The van der Waals surface area contributed by atoms with Gasteiger partial charge in [0.2, 0.25) is 11.0 Å². The van der Waals surface area contributed by atoms with Crippen LogP contribution >= 0.6 is 11.3 Å². The van der Waals surface area contributed by atoms with Gasteiger partial charge >= 0.3 is 0 Å². The molecule has 140 valence electrons. The van der Waals surface area contributed by atoms with E-state index in [1.807, 2.05) is 18.9 Å². The van der Waals surface area contributed by atoms with Gasteiger partial charge in [0.15, 0.2) is 5.13 Å². The van der Waals surface area contributed by atoms with Crippen LogP contribution in [0.2, 0.25) is 0 Å². The van der Waals surface area contributed by atoms with E-state index in [9.17, 15) is 9.18 Å². The van der Waals surface area contributed by atoms with Crippen LogP contribution < -0.4 is 10.6 Å². The van der Waals surface area contributed by atoms with E-state index >= 15 is 4.39 Å². The number of carbonyl (C=O) groups is 1. The summed E-state index contributed by atoms with van der Waals surface area (Å²) in [7, 11) is 2.04. The van der Waals surface area contributed by atoms with Crippen molar-refractivity contribution in [3.63, 3.8) is 0 Å². The Balaban J connectivity index is 1.99. The fraction of sp³-hybridized carbons (Fsp3) is 0.444. The Hall–Kier alpha value is -2.06. The van der Waals surface area contributed by atoms with Crippen LogP contribution in [0.15, 0.2) is 12.1 Å². The summed E-state index contributed by atoms with van der Waals surface area (Å²) >= 11 is 0.927. The number of nitrogens with zero attached hydrogens (tertiary/aromatic N) is 3. The lowest BCUT2D eigenvalue weighted by Gasteiger charge is -2.31. The molecule has 1 amide bonds. The molecule has 2 N–H and O–H groups in total. The minimum atomic E-state index is -0.684. The van der Waals surface area contributed by atoms with E-state index in [0.717, 1.165) is 37.5 Å². The van der Waals surface area contributed by atoms with Crippen molar-refractivity contribution >= 4 is 22.4 Å². The van der Waals surface area contributed by atoms with Gasteiger partial charge in [-0.15, -0.1) is 0 Å². The minimum Gasteiger partial charge on any atom is -0.366 e. The number of nitrogens with two attached hydrogens (primary N) is 1. The smallest absolute Gasteiger partial charge is 0.249 e. The van der Waals surface area contributed by atoms with Gasteiger partial charge in [-0.25, -0.2) is 9.37 Å². The largest absolute Gasteiger partial charge is 0.366 e. The van der Waals surface area contributed by atoms with E-state index in [0.29, 0.717) is 18.0 Å². The van der Waals surface area contributed by atoms with Crippen molar-refractivity contribution in [2.45, 2.75) is 19.8 Å². The van der Waals surface area contributed by atoms with Crippen LogP contribution in [0.1, 0.15) is 29.3 Å². The molecule has 0 aliphatic carbocycles. The van der Waals surface area contributed by atoms with Crippen LogP contribution in [-0.4, -0.2) is 49.0 Å². The maximum absolute atomic E-state index is 15.0. The number of rotatable bonds is 5. The van der Waals surface area contributed by atoms with Gasteiger partial charge < -0.3 is 15.5 Å². The second kappa shape index (κ2) is 7.67. The van der Waals surface area contributed by atoms with E-state index in [4.69, 9.17) is 5.73 Å². The number of likely N-dealkylation sites (N-methyl/N-ethyl adjacent to an activating group) is 1. The Labute approximate surface area is 155 Å². The number of aromatic nitrogens is 1. The number of hydrogen-bond donors (Lipinski definition) is 1. The first-order valence-electron chi connectivity index (χ1n) is 8.63. The number of piperazine rings is 1. The van der Waals surface area contributed by atoms with E-state index < -0.39 is 16.9 Å². The number of primary amides is 1. The van der Waals surface area contributed by atoms with Gasteiger partial charge in [0, 0.05) is 42.9 Å². The molecule has 0 bridgehead atoms. The molecule has 1 fully saturated rings. The molecule has 26 heavy (non-hydrogen) atoms. The van der Waals surface area contributed by atoms with Crippen LogP contribution in [0.4, 0.5) is 13.9 Å². The zero-order valence-electron chi connectivity index (χ0n) is 14.9. The second-order valence-corrected chi connectivity index (χ2v) is 7.40. The predicted molar refractivity (Wildman–Crippen MR) is 99.7 cm³/mol. The van der Waals surface area contributed by atoms with Crippen LogP contribution in [0.25, 0.3) is 11.3 Å². The number of thiazole rings is 1. The first-order chi connectivity index (χ1) is 12.4. The molecule has 8 heteroatoms. The summed E-state index contributed by atoms with van der Waals surface area (Å²) in [6.45, 7) is 5.14. The van der Waals surface area contributed by atoms with E-state index in [1.54, 1.807) is 0 Å². The Morgan fingerprint density at radius 1 is 1.27 bits per heavy atom. The fourth-order valence-electron chi connectivity index (χ4n) is 3.12. The summed E-state index contributed by atoms with van der Waals surface area (Å²) in [5.41, 5.74) is 5.78. The highest BCUT2D eigenvalue weighted by Gasteiger charge is 2.24. The van der Waals surface area contributed by atoms with Crippen LogP contribution in [-0.2, 0) is 6.42 Å². The maximum atomic E-state index is 15.0. The molecule has 0 radical (unpaired) electrons. The van der Waals surface area contributed by atoms with E-state index in [1.165, 1.54) is 12.1 Å². The number of hydrogen-bond acceptors (Lipinski definition) is 5. The van der Waals surface area contributed by atoms with Crippen molar-refractivity contribution < 1.29 is 13.6 Å². The number of halogens is 2. The lowest BCUT2D eigenvalue weighted by atomic mass is 9.97. The molecule has 0 atom stereocenters. The highest BCUT2D eigenvalue weighted by molar-refractivity contribution is 7.14. The number of anilines is 1. The SMILES string of the molecule is CCCc1c(C(N)=O)ccc(-c2nc(N3CCN(C)CC3)sc2F)c1F. The lowest BCUT2D eigenvalue weighted by Crippen LogP contribution is -2.44. The van der Waals surface area contributed by atoms with Crippen LogP contribution in [0.3, 0.4) is 0 Å². The van der Waals surface area contributed by atoms with Gasteiger partial charge in [0.1, 0.15) is 11.5 Å². The minimum absolute atomic E-state index is 0.00481.